The fourth-order valence-electron chi connectivity index (χ4n) is 1.76. The number of aryl methyl sites for hydroxylation is 3. The van der Waals surface area contributed by atoms with Crippen LogP contribution in [0.3, 0.4) is 0 Å². The van der Waals surface area contributed by atoms with E-state index in [0.717, 1.165) is 5.56 Å². The molecule has 1 aromatic carbocycles. The highest BCUT2D eigenvalue weighted by molar-refractivity contribution is 5.86. The maximum atomic E-state index is 11.6. The average Bonchev–Trinajstić information content (AvgIpc) is 2.27. The van der Waals surface area contributed by atoms with Crippen LogP contribution in [0.1, 0.15) is 30.0 Å². The van der Waals surface area contributed by atoms with Gasteiger partial charge in [-0.25, -0.2) is 0 Å². The molecule has 0 spiro atoms. The molecule has 1 atom stereocenters. The first-order valence-corrected chi connectivity index (χ1v) is 6.05. The van der Waals surface area contributed by atoms with Gasteiger partial charge in [0.25, 0.3) is 0 Å². The van der Waals surface area contributed by atoms with Crippen LogP contribution in [0.4, 0.5) is 0 Å². The van der Waals surface area contributed by atoms with Crippen LogP contribution < -0.4 is 11.1 Å². The normalized spacial score (nSPS) is 11.9. The van der Waals surface area contributed by atoms with Crippen molar-refractivity contribution in [3.63, 3.8) is 0 Å². The van der Waals surface area contributed by atoms with E-state index in [9.17, 15) is 9.59 Å². The number of hydrogen-bond donors (Lipinski definition) is 2. The van der Waals surface area contributed by atoms with Crippen LogP contribution in [-0.4, -0.2) is 17.9 Å². The van der Waals surface area contributed by atoms with E-state index in [2.05, 4.69) is 11.4 Å². The highest BCUT2D eigenvalue weighted by Gasteiger charge is 2.12. The van der Waals surface area contributed by atoms with Gasteiger partial charge in [0.05, 0.1) is 0 Å². The lowest BCUT2D eigenvalue weighted by Gasteiger charge is -2.11. The highest BCUT2D eigenvalue weighted by Crippen LogP contribution is 2.12. The van der Waals surface area contributed by atoms with Crippen molar-refractivity contribution >= 4 is 11.8 Å². The summed E-state index contributed by atoms with van der Waals surface area (Å²) in [6.45, 7) is 5.65. The van der Waals surface area contributed by atoms with E-state index in [1.165, 1.54) is 11.1 Å². The van der Waals surface area contributed by atoms with Crippen molar-refractivity contribution < 1.29 is 9.59 Å². The molecule has 0 heterocycles. The molecule has 2 amide bonds. The van der Waals surface area contributed by atoms with Crippen molar-refractivity contribution in [2.45, 2.75) is 39.7 Å². The molecule has 0 aromatic heterocycles. The second-order valence-corrected chi connectivity index (χ2v) is 4.62. The molecule has 0 aliphatic carbocycles. The molecule has 0 saturated carbocycles. The number of primary amides is 1. The topological polar surface area (TPSA) is 72.2 Å². The van der Waals surface area contributed by atoms with E-state index < -0.39 is 11.9 Å². The minimum Gasteiger partial charge on any atom is -0.368 e. The van der Waals surface area contributed by atoms with Crippen molar-refractivity contribution in [1.29, 1.82) is 0 Å². The summed E-state index contributed by atoms with van der Waals surface area (Å²) in [5.74, 6) is -0.670. The number of amides is 2. The van der Waals surface area contributed by atoms with Crippen molar-refractivity contribution in [3.05, 3.63) is 34.9 Å². The summed E-state index contributed by atoms with van der Waals surface area (Å²) in [6, 6.07) is 5.55. The van der Waals surface area contributed by atoms with Gasteiger partial charge in [0.2, 0.25) is 11.8 Å². The van der Waals surface area contributed by atoms with Crippen LogP contribution in [0.2, 0.25) is 0 Å². The molecule has 4 heteroatoms. The van der Waals surface area contributed by atoms with E-state index in [4.69, 9.17) is 5.73 Å². The van der Waals surface area contributed by atoms with Crippen LogP contribution in [0.25, 0.3) is 0 Å². The maximum Gasteiger partial charge on any atom is 0.239 e. The van der Waals surface area contributed by atoms with Gasteiger partial charge in [0.1, 0.15) is 6.04 Å². The van der Waals surface area contributed by atoms with Crippen LogP contribution in [0, 0.1) is 13.8 Å². The van der Waals surface area contributed by atoms with E-state index in [1.54, 1.807) is 6.92 Å². The smallest absolute Gasteiger partial charge is 0.239 e. The molecule has 4 nitrogen and oxygen atoms in total. The minimum atomic E-state index is -0.614. The Labute approximate surface area is 108 Å². The third-order valence-electron chi connectivity index (χ3n) is 2.92. The van der Waals surface area contributed by atoms with E-state index in [0.29, 0.717) is 12.8 Å². The van der Waals surface area contributed by atoms with Crippen molar-refractivity contribution in [3.8, 4) is 0 Å². The van der Waals surface area contributed by atoms with Crippen LogP contribution in [0.15, 0.2) is 18.2 Å². The Morgan fingerprint density at radius 2 is 2.00 bits per heavy atom. The molecular formula is C14H20N2O2. The lowest BCUT2D eigenvalue weighted by Crippen LogP contribution is -2.42. The number of hydrogen-bond acceptors (Lipinski definition) is 2. The van der Waals surface area contributed by atoms with E-state index in [-0.39, 0.29) is 5.91 Å². The fraction of sp³-hybridized carbons (Fsp3) is 0.429. The SMILES string of the molecule is Cc1ccc(CCC(=O)NC(C)C(N)=O)c(C)c1. The largest absolute Gasteiger partial charge is 0.368 e. The molecule has 1 aromatic rings. The summed E-state index contributed by atoms with van der Waals surface area (Å²) in [5, 5.41) is 2.57. The number of rotatable bonds is 5. The van der Waals surface area contributed by atoms with Crippen molar-refractivity contribution in [2.24, 2.45) is 5.73 Å². The Balaban J connectivity index is 2.50. The predicted octanol–water partition coefficient (Wildman–Crippen LogP) is 1.23. The molecule has 0 aliphatic heterocycles. The Morgan fingerprint density at radius 3 is 2.56 bits per heavy atom. The molecule has 3 N–H and O–H groups in total. The quantitative estimate of drug-likeness (QED) is 0.822. The monoisotopic (exact) mass is 248 g/mol. The standard InChI is InChI=1S/C14H20N2O2/c1-9-4-5-12(10(2)8-9)6-7-13(17)16-11(3)14(15)18/h4-5,8,11H,6-7H2,1-3H3,(H2,15,18)(H,16,17). The second kappa shape index (κ2) is 6.19. The molecular weight excluding hydrogens is 228 g/mol. The molecule has 0 bridgehead atoms. The van der Waals surface area contributed by atoms with E-state index >= 15 is 0 Å². The van der Waals surface area contributed by atoms with Gasteiger partial charge >= 0.3 is 0 Å². The lowest BCUT2D eigenvalue weighted by molar-refractivity contribution is -0.126. The molecule has 0 radical (unpaired) electrons. The Kier molecular flexibility index (Phi) is 4.89. The minimum absolute atomic E-state index is 0.152. The summed E-state index contributed by atoms with van der Waals surface area (Å²) in [7, 11) is 0. The fourth-order valence-corrected chi connectivity index (χ4v) is 1.76. The molecule has 0 fully saturated rings. The first kappa shape index (κ1) is 14.2. The number of nitrogens with two attached hydrogens (primary N) is 1. The molecule has 18 heavy (non-hydrogen) atoms. The Bertz CT molecular complexity index is 455. The Hall–Kier alpha value is -1.84. The molecule has 0 aliphatic rings. The van der Waals surface area contributed by atoms with Gasteiger partial charge in [-0.05, 0) is 38.3 Å². The third kappa shape index (κ3) is 4.20. The summed E-state index contributed by atoms with van der Waals surface area (Å²) < 4.78 is 0. The summed E-state index contributed by atoms with van der Waals surface area (Å²) >= 11 is 0. The van der Waals surface area contributed by atoms with E-state index in [1.807, 2.05) is 26.0 Å². The summed E-state index contributed by atoms with van der Waals surface area (Å²) in [4.78, 5) is 22.4. The molecule has 0 saturated heterocycles. The predicted molar refractivity (Wildman–Crippen MR) is 71.0 cm³/mol. The zero-order valence-electron chi connectivity index (χ0n) is 11.1. The first-order valence-electron chi connectivity index (χ1n) is 6.05. The average molecular weight is 248 g/mol. The van der Waals surface area contributed by atoms with Gasteiger partial charge in [-0.1, -0.05) is 23.8 Å². The number of nitrogens with one attached hydrogen (secondary N) is 1. The third-order valence-corrected chi connectivity index (χ3v) is 2.92. The maximum absolute atomic E-state index is 11.6. The van der Waals surface area contributed by atoms with Crippen LogP contribution in [0.5, 0.6) is 0 Å². The van der Waals surface area contributed by atoms with Crippen molar-refractivity contribution in [1.82, 2.24) is 5.32 Å². The first-order chi connectivity index (χ1) is 8.40. The van der Waals surface area contributed by atoms with Gasteiger partial charge in [0, 0.05) is 6.42 Å². The second-order valence-electron chi connectivity index (χ2n) is 4.62. The van der Waals surface area contributed by atoms with Crippen LogP contribution >= 0.6 is 0 Å². The zero-order valence-corrected chi connectivity index (χ0v) is 11.1. The van der Waals surface area contributed by atoms with Gasteiger partial charge in [-0.2, -0.15) is 0 Å². The summed E-state index contributed by atoms with van der Waals surface area (Å²) in [6.07, 6.45) is 1.03. The van der Waals surface area contributed by atoms with Gasteiger partial charge in [0.15, 0.2) is 0 Å². The highest BCUT2D eigenvalue weighted by atomic mass is 16.2. The van der Waals surface area contributed by atoms with Crippen LogP contribution in [-0.2, 0) is 16.0 Å². The number of carbonyl (C=O) groups is 2. The summed E-state index contributed by atoms with van der Waals surface area (Å²) in [5.41, 5.74) is 8.63. The number of carbonyl (C=O) groups excluding carboxylic acids is 2. The van der Waals surface area contributed by atoms with Crippen molar-refractivity contribution in [2.75, 3.05) is 0 Å². The molecule has 1 unspecified atom stereocenters. The molecule has 1 rings (SSSR count). The van der Waals surface area contributed by atoms with Gasteiger partial charge in [-0.3, -0.25) is 9.59 Å². The van der Waals surface area contributed by atoms with Gasteiger partial charge in [-0.15, -0.1) is 0 Å². The van der Waals surface area contributed by atoms with Gasteiger partial charge < -0.3 is 11.1 Å². The number of benzene rings is 1. The zero-order chi connectivity index (χ0) is 13.7. The Morgan fingerprint density at radius 1 is 1.33 bits per heavy atom. The molecule has 98 valence electrons. The lowest BCUT2D eigenvalue weighted by atomic mass is 10.0.